The number of likely N-dealkylation sites (tertiary alicyclic amines) is 2. The molecule has 0 bridgehead atoms. The van der Waals surface area contributed by atoms with Crippen molar-refractivity contribution < 1.29 is 18.4 Å². The van der Waals surface area contributed by atoms with Crippen LogP contribution in [0.25, 0.3) is 0 Å². The average molecular weight is 425 g/mol. The standard InChI is InChI=1S/C22H27ClF2N2O2/c1-15(3-4-16(2)28)19-9-11-27(14-22(19,24)25)20-10-12-26(21(20)29)13-17-5-7-18(23)8-6-17/h3,5-8,19-20H,4,9-14H2,1-2H3/b15-3+. The van der Waals surface area contributed by atoms with Crippen molar-refractivity contribution in [1.82, 2.24) is 9.80 Å². The van der Waals surface area contributed by atoms with Crippen LogP contribution in [0.15, 0.2) is 35.9 Å². The molecule has 2 aliphatic rings. The monoisotopic (exact) mass is 424 g/mol. The molecule has 2 saturated heterocycles. The first-order valence-electron chi connectivity index (χ1n) is 9.98. The number of allylic oxidation sites excluding steroid dienone is 2. The molecule has 7 heteroatoms. The predicted molar refractivity (Wildman–Crippen MR) is 109 cm³/mol. The number of Topliss-reactive ketones (excluding diaryl/α,β-unsaturated/α-hetero) is 1. The zero-order chi connectivity index (χ0) is 21.2. The van der Waals surface area contributed by atoms with Crippen LogP contribution in [0.5, 0.6) is 0 Å². The van der Waals surface area contributed by atoms with Crippen molar-refractivity contribution in [1.29, 1.82) is 0 Å². The fourth-order valence-electron chi connectivity index (χ4n) is 4.27. The molecular formula is C22H27ClF2N2O2. The minimum Gasteiger partial charge on any atom is -0.337 e. The van der Waals surface area contributed by atoms with E-state index in [0.717, 1.165) is 5.56 Å². The van der Waals surface area contributed by atoms with Crippen LogP contribution in [0.2, 0.25) is 5.02 Å². The third-order valence-electron chi connectivity index (χ3n) is 5.89. The molecule has 2 aliphatic heterocycles. The number of ketones is 1. The highest BCUT2D eigenvalue weighted by Crippen LogP contribution is 2.39. The largest absolute Gasteiger partial charge is 0.337 e. The Morgan fingerprint density at radius 3 is 2.52 bits per heavy atom. The van der Waals surface area contributed by atoms with Gasteiger partial charge < -0.3 is 4.90 Å². The minimum atomic E-state index is -2.92. The number of alkyl halides is 2. The lowest BCUT2D eigenvalue weighted by molar-refractivity contribution is -0.140. The van der Waals surface area contributed by atoms with Crippen LogP contribution >= 0.6 is 11.6 Å². The van der Waals surface area contributed by atoms with E-state index >= 15 is 0 Å². The molecule has 0 spiro atoms. The number of nitrogens with zero attached hydrogens (tertiary/aromatic N) is 2. The van der Waals surface area contributed by atoms with E-state index in [4.69, 9.17) is 11.6 Å². The highest BCUT2D eigenvalue weighted by molar-refractivity contribution is 6.30. The van der Waals surface area contributed by atoms with Crippen LogP contribution in [0.4, 0.5) is 8.78 Å². The molecule has 158 valence electrons. The molecule has 0 N–H and O–H groups in total. The van der Waals surface area contributed by atoms with Crippen LogP contribution in [0.3, 0.4) is 0 Å². The summed E-state index contributed by atoms with van der Waals surface area (Å²) >= 11 is 5.90. The Bertz CT molecular complexity index is 795. The second-order valence-corrected chi connectivity index (χ2v) is 8.55. The summed E-state index contributed by atoms with van der Waals surface area (Å²) < 4.78 is 29.7. The molecule has 0 radical (unpaired) electrons. The first kappa shape index (κ1) is 21.9. The Balaban J connectivity index is 1.62. The molecule has 4 nitrogen and oxygen atoms in total. The van der Waals surface area contributed by atoms with Gasteiger partial charge in [-0.25, -0.2) is 8.78 Å². The van der Waals surface area contributed by atoms with Gasteiger partial charge in [0, 0.05) is 30.5 Å². The number of piperidine rings is 1. The summed E-state index contributed by atoms with van der Waals surface area (Å²) in [6.45, 7) is 4.18. The maximum atomic E-state index is 14.9. The molecule has 2 unspecified atom stereocenters. The number of hydrogen-bond donors (Lipinski definition) is 0. The first-order chi connectivity index (χ1) is 13.7. The van der Waals surface area contributed by atoms with Crippen molar-refractivity contribution in [3.05, 3.63) is 46.5 Å². The van der Waals surface area contributed by atoms with Crippen molar-refractivity contribution in [2.75, 3.05) is 19.6 Å². The topological polar surface area (TPSA) is 40.6 Å². The van der Waals surface area contributed by atoms with Gasteiger partial charge >= 0.3 is 0 Å². The maximum Gasteiger partial charge on any atom is 0.267 e. The van der Waals surface area contributed by atoms with Crippen molar-refractivity contribution >= 4 is 23.3 Å². The number of carbonyl (C=O) groups is 2. The number of carbonyl (C=O) groups excluding carboxylic acids is 2. The third kappa shape index (κ3) is 5.23. The Morgan fingerprint density at radius 1 is 1.21 bits per heavy atom. The van der Waals surface area contributed by atoms with Gasteiger partial charge in [-0.3, -0.25) is 14.5 Å². The molecule has 1 amide bonds. The summed E-state index contributed by atoms with van der Waals surface area (Å²) in [6, 6.07) is 6.82. The molecule has 3 rings (SSSR count). The van der Waals surface area contributed by atoms with E-state index in [0.29, 0.717) is 36.7 Å². The van der Waals surface area contributed by atoms with E-state index in [9.17, 15) is 18.4 Å². The second kappa shape index (κ2) is 8.92. The Morgan fingerprint density at radius 2 is 1.90 bits per heavy atom. The molecule has 2 atom stereocenters. The Kier molecular flexibility index (Phi) is 6.74. The molecule has 2 heterocycles. The zero-order valence-corrected chi connectivity index (χ0v) is 17.6. The lowest BCUT2D eigenvalue weighted by atomic mass is 9.85. The van der Waals surface area contributed by atoms with Gasteiger partial charge in [-0.1, -0.05) is 35.4 Å². The van der Waals surface area contributed by atoms with E-state index in [1.165, 1.54) is 6.92 Å². The van der Waals surface area contributed by atoms with Gasteiger partial charge in [-0.05, 0) is 50.9 Å². The predicted octanol–water partition coefficient (Wildman–Crippen LogP) is 4.32. The summed E-state index contributed by atoms with van der Waals surface area (Å²) in [4.78, 5) is 27.4. The van der Waals surface area contributed by atoms with E-state index in [2.05, 4.69) is 0 Å². The SMILES string of the molecule is CC(=O)C/C=C(\C)C1CCN(C2CCN(Cc3ccc(Cl)cc3)C2=O)CC1(F)F. The molecular weight excluding hydrogens is 398 g/mol. The van der Waals surface area contributed by atoms with Crippen LogP contribution in [-0.2, 0) is 16.1 Å². The third-order valence-corrected chi connectivity index (χ3v) is 6.14. The summed E-state index contributed by atoms with van der Waals surface area (Å²) in [5.74, 6) is -3.92. The molecule has 29 heavy (non-hydrogen) atoms. The maximum absolute atomic E-state index is 14.9. The fraction of sp³-hybridized carbons (Fsp3) is 0.545. The van der Waals surface area contributed by atoms with E-state index in [-0.39, 0.29) is 24.5 Å². The number of benzene rings is 1. The number of hydrogen-bond acceptors (Lipinski definition) is 3. The number of rotatable bonds is 6. The molecule has 2 fully saturated rings. The van der Waals surface area contributed by atoms with E-state index in [1.54, 1.807) is 34.9 Å². The van der Waals surface area contributed by atoms with Crippen molar-refractivity contribution in [3.8, 4) is 0 Å². The van der Waals surface area contributed by atoms with E-state index < -0.39 is 24.4 Å². The quantitative estimate of drug-likeness (QED) is 0.638. The van der Waals surface area contributed by atoms with Crippen LogP contribution < -0.4 is 0 Å². The Hall–Kier alpha value is -1.79. The fourth-order valence-corrected chi connectivity index (χ4v) is 4.39. The lowest BCUT2D eigenvalue weighted by Crippen LogP contribution is -2.54. The normalized spacial score (nSPS) is 25.5. The van der Waals surface area contributed by atoms with Crippen LogP contribution in [0.1, 0.15) is 38.7 Å². The molecule has 0 aliphatic carbocycles. The summed E-state index contributed by atoms with van der Waals surface area (Å²) in [7, 11) is 0. The van der Waals surface area contributed by atoms with Crippen molar-refractivity contribution in [2.24, 2.45) is 5.92 Å². The lowest BCUT2D eigenvalue weighted by Gasteiger charge is -2.41. The van der Waals surface area contributed by atoms with Gasteiger partial charge in [0.05, 0.1) is 12.6 Å². The van der Waals surface area contributed by atoms with Gasteiger partial charge in [0.25, 0.3) is 5.92 Å². The average Bonchev–Trinajstić information content (AvgIpc) is 3.01. The smallest absolute Gasteiger partial charge is 0.267 e. The molecule has 1 aromatic carbocycles. The first-order valence-corrected chi connectivity index (χ1v) is 10.4. The van der Waals surface area contributed by atoms with Crippen LogP contribution in [0, 0.1) is 5.92 Å². The molecule has 0 saturated carbocycles. The van der Waals surface area contributed by atoms with Crippen molar-refractivity contribution in [2.45, 2.75) is 51.6 Å². The van der Waals surface area contributed by atoms with Gasteiger partial charge in [0.15, 0.2) is 0 Å². The number of amides is 1. The zero-order valence-electron chi connectivity index (χ0n) is 16.8. The van der Waals surface area contributed by atoms with Crippen molar-refractivity contribution in [3.63, 3.8) is 0 Å². The van der Waals surface area contributed by atoms with Gasteiger partial charge in [0.1, 0.15) is 5.78 Å². The highest BCUT2D eigenvalue weighted by Gasteiger charge is 2.49. The van der Waals surface area contributed by atoms with Crippen LogP contribution in [-0.4, -0.2) is 53.1 Å². The highest BCUT2D eigenvalue weighted by atomic mass is 35.5. The summed E-state index contributed by atoms with van der Waals surface area (Å²) in [5, 5.41) is 0.636. The summed E-state index contributed by atoms with van der Waals surface area (Å²) in [5.41, 5.74) is 1.53. The second-order valence-electron chi connectivity index (χ2n) is 8.12. The van der Waals surface area contributed by atoms with E-state index in [1.807, 2.05) is 12.1 Å². The number of halogens is 3. The molecule has 1 aromatic rings. The summed E-state index contributed by atoms with van der Waals surface area (Å²) in [6.07, 6.45) is 2.65. The Labute approximate surface area is 175 Å². The minimum absolute atomic E-state index is 0.0394. The van der Waals surface area contributed by atoms with Gasteiger partial charge in [-0.15, -0.1) is 0 Å². The molecule has 0 aromatic heterocycles. The van der Waals surface area contributed by atoms with Gasteiger partial charge in [-0.2, -0.15) is 0 Å². The van der Waals surface area contributed by atoms with Gasteiger partial charge in [0.2, 0.25) is 5.91 Å².